The minimum Gasteiger partial charge on any atom is -0.507 e. The number of hydrogen-bond acceptors (Lipinski definition) is 6. The lowest BCUT2D eigenvalue weighted by Crippen LogP contribution is -2.47. The molecule has 0 aliphatic carbocycles. The number of alkyl halides is 3. The van der Waals surface area contributed by atoms with Gasteiger partial charge < -0.3 is 19.9 Å². The molecule has 4 heterocycles. The van der Waals surface area contributed by atoms with Gasteiger partial charge in [-0.1, -0.05) is 0 Å². The van der Waals surface area contributed by atoms with E-state index in [-0.39, 0.29) is 5.75 Å². The van der Waals surface area contributed by atoms with Gasteiger partial charge in [-0.2, -0.15) is 13.2 Å². The lowest BCUT2D eigenvalue weighted by atomic mass is 9.98. The van der Waals surface area contributed by atoms with E-state index in [4.69, 9.17) is 0 Å². The highest BCUT2D eigenvalue weighted by Crippen LogP contribution is 2.33. The number of rotatable bonds is 4. The largest absolute Gasteiger partial charge is 0.507 e. The van der Waals surface area contributed by atoms with Crippen LogP contribution in [0.4, 0.5) is 19.0 Å². The van der Waals surface area contributed by atoms with Crippen molar-refractivity contribution in [3.05, 3.63) is 48.5 Å². The Morgan fingerprint density at radius 1 is 1.09 bits per heavy atom. The van der Waals surface area contributed by atoms with Gasteiger partial charge in [-0.3, -0.25) is 0 Å². The molecule has 3 atom stereocenters. The van der Waals surface area contributed by atoms with Gasteiger partial charge >= 0.3 is 6.18 Å². The summed E-state index contributed by atoms with van der Waals surface area (Å²) in [6, 6.07) is 9.83. The van der Waals surface area contributed by atoms with Crippen LogP contribution in [0.25, 0.3) is 16.9 Å². The number of fused-ring (bicyclic) bond motifs is 2. The maximum atomic E-state index is 12.8. The summed E-state index contributed by atoms with van der Waals surface area (Å²) >= 11 is 0. The Balaban J connectivity index is 1.33. The number of halogens is 3. The standard InChI is InChI=1S/C22H23F3N6O/c1-30(16-8-13-2-3-14(9-16)27-13)21-7-6-18(28-29-21)17-5-4-15(10-19(17)32)31-11-20(26-12-31)22(23,24)25/h4-7,10-14,16,27,32H,2-3,8-9H2,1H3/t13-,14+,16-. The molecule has 2 aliphatic rings. The van der Waals surface area contributed by atoms with Crippen LogP contribution in [-0.2, 0) is 6.18 Å². The van der Waals surface area contributed by atoms with Gasteiger partial charge in [0.2, 0.25) is 0 Å². The number of nitrogens with one attached hydrogen (secondary N) is 1. The molecule has 2 bridgehead atoms. The molecule has 5 rings (SSSR count). The van der Waals surface area contributed by atoms with Gasteiger partial charge in [0.05, 0.1) is 17.7 Å². The molecule has 7 nitrogen and oxygen atoms in total. The van der Waals surface area contributed by atoms with Crippen molar-refractivity contribution in [2.45, 2.75) is 50.0 Å². The summed E-state index contributed by atoms with van der Waals surface area (Å²) < 4.78 is 39.6. The third-order valence-electron chi connectivity index (χ3n) is 6.44. The van der Waals surface area contributed by atoms with Crippen LogP contribution in [0.5, 0.6) is 5.75 Å². The summed E-state index contributed by atoms with van der Waals surface area (Å²) in [4.78, 5) is 5.55. The van der Waals surface area contributed by atoms with Gasteiger partial charge in [0.15, 0.2) is 11.5 Å². The summed E-state index contributed by atoms with van der Waals surface area (Å²) in [6.45, 7) is 0. The lowest BCUT2D eigenvalue weighted by molar-refractivity contribution is -0.140. The number of aromatic nitrogens is 4. The average molecular weight is 444 g/mol. The van der Waals surface area contributed by atoms with Crippen molar-refractivity contribution in [2.24, 2.45) is 0 Å². The zero-order chi connectivity index (χ0) is 22.5. The van der Waals surface area contributed by atoms with Crippen LogP contribution in [0, 0.1) is 0 Å². The second-order valence-electron chi connectivity index (χ2n) is 8.52. The molecule has 2 saturated heterocycles. The van der Waals surface area contributed by atoms with Crippen LogP contribution in [0.2, 0.25) is 0 Å². The van der Waals surface area contributed by atoms with Gasteiger partial charge in [0.1, 0.15) is 5.75 Å². The quantitative estimate of drug-likeness (QED) is 0.638. The fraction of sp³-hybridized carbons (Fsp3) is 0.409. The maximum absolute atomic E-state index is 12.8. The average Bonchev–Trinajstić information content (AvgIpc) is 3.40. The fourth-order valence-corrected chi connectivity index (χ4v) is 4.70. The molecule has 0 amide bonds. The first-order valence-corrected chi connectivity index (χ1v) is 10.6. The number of piperidine rings is 1. The molecule has 0 radical (unpaired) electrons. The number of benzene rings is 1. The van der Waals surface area contributed by atoms with Crippen molar-refractivity contribution in [2.75, 3.05) is 11.9 Å². The molecule has 0 spiro atoms. The molecule has 0 unspecified atom stereocenters. The first-order chi connectivity index (χ1) is 15.3. The minimum absolute atomic E-state index is 0.102. The first-order valence-electron chi connectivity index (χ1n) is 10.6. The van der Waals surface area contributed by atoms with Gasteiger partial charge in [0.25, 0.3) is 0 Å². The zero-order valence-electron chi connectivity index (χ0n) is 17.4. The second kappa shape index (κ2) is 7.77. The van der Waals surface area contributed by atoms with Crippen molar-refractivity contribution in [1.82, 2.24) is 25.1 Å². The summed E-state index contributed by atoms with van der Waals surface area (Å²) in [5.41, 5.74) is 0.303. The molecular formula is C22H23F3N6O. The Bertz CT molecular complexity index is 1100. The van der Waals surface area contributed by atoms with E-state index in [1.807, 2.05) is 13.1 Å². The third kappa shape index (κ3) is 3.90. The molecule has 2 aliphatic heterocycles. The molecule has 2 N–H and O–H groups in total. The number of phenolic OH excluding ortho intramolecular Hbond substituents is 1. The molecule has 3 aromatic rings. The number of imidazole rings is 1. The topological polar surface area (TPSA) is 79.1 Å². The van der Waals surface area contributed by atoms with Gasteiger partial charge in [0, 0.05) is 43.0 Å². The molecular weight excluding hydrogens is 421 g/mol. The number of hydrogen-bond donors (Lipinski definition) is 2. The van der Waals surface area contributed by atoms with Crippen molar-refractivity contribution in [1.29, 1.82) is 0 Å². The van der Waals surface area contributed by atoms with Crippen LogP contribution in [-0.4, -0.2) is 50.0 Å². The highest BCUT2D eigenvalue weighted by Gasteiger charge is 2.35. The van der Waals surface area contributed by atoms with E-state index in [9.17, 15) is 18.3 Å². The smallest absolute Gasteiger partial charge is 0.434 e. The first kappa shape index (κ1) is 20.7. The van der Waals surface area contributed by atoms with Crippen molar-refractivity contribution >= 4 is 5.82 Å². The molecule has 10 heteroatoms. The normalized spacial score (nSPS) is 22.8. The van der Waals surface area contributed by atoms with Crippen LogP contribution in [0.15, 0.2) is 42.9 Å². The van der Waals surface area contributed by atoms with E-state index in [0.29, 0.717) is 35.1 Å². The van der Waals surface area contributed by atoms with Crippen LogP contribution >= 0.6 is 0 Å². The SMILES string of the molecule is CN(c1ccc(-c2ccc(-n3cnc(C(F)(F)F)c3)cc2O)nn1)[C@@H]1C[C@H]2CC[C@@H](C1)N2. The van der Waals surface area contributed by atoms with Crippen LogP contribution < -0.4 is 10.2 Å². The Labute approximate surface area is 182 Å². The summed E-state index contributed by atoms with van der Waals surface area (Å²) in [6.07, 6.45) is 2.05. The minimum atomic E-state index is -4.52. The van der Waals surface area contributed by atoms with E-state index in [1.165, 1.54) is 23.5 Å². The Hall–Kier alpha value is -3.14. The Morgan fingerprint density at radius 2 is 1.84 bits per heavy atom. The predicted octanol–water partition coefficient (Wildman–Crippen LogP) is 3.77. The van der Waals surface area contributed by atoms with Crippen molar-refractivity contribution in [3.63, 3.8) is 0 Å². The summed E-state index contributed by atoms with van der Waals surface area (Å²) in [7, 11) is 2.03. The van der Waals surface area contributed by atoms with Crippen molar-refractivity contribution < 1.29 is 18.3 Å². The van der Waals surface area contributed by atoms with Gasteiger partial charge in [-0.15, -0.1) is 10.2 Å². The van der Waals surface area contributed by atoms with Crippen LogP contribution in [0.3, 0.4) is 0 Å². The van der Waals surface area contributed by atoms with Gasteiger partial charge in [-0.25, -0.2) is 4.98 Å². The van der Waals surface area contributed by atoms with E-state index >= 15 is 0 Å². The Kier molecular flexibility index (Phi) is 5.04. The molecule has 168 valence electrons. The fourth-order valence-electron chi connectivity index (χ4n) is 4.70. The lowest BCUT2D eigenvalue weighted by Gasteiger charge is -2.36. The van der Waals surface area contributed by atoms with E-state index in [0.717, 1.165) is 31.2 Å². The highest BCUT2D eigenvalue weighted by molar-refractivity contribution is 5.69. The predicted molar refractivity (Wildman–Crippen MR) is 113 cm³/mol. The molecule has 32 heavy (non-hydrogen) atoms. The van der Waals surface area contributed by atoms with Gasteiger partial charge in [-0.05, 0) is 49.9 Å². The van der Waals surface area contributed by atoms with Crippen LogP contribution in [0.1, 0.15) is 31.4 Å². The van der Waals surface area contributed by atoms with Crippen molar-refractivity contribution in [3.8, 4) is 22.7 Å². The molecule has 2 fully saturated rings. The molecule has 1 aromatic carbocycles. The maximum Gasteiger partial charge on any atom is 0.434 e. The van der Waals surface area contributed by atoms with E-state index in [2.05, 4.69) is 25.4 Å². The van der Waals surface area contributed by atoms with E-state index in [1.54, 1.807) is 18.2 Å². The second-order valence-corrected chi connectivity index (χ2v) is 8.52. The molecule has 2 aromatic heterocycles. The summed E-state index contributed by atoms with van der Waals surface area (Å²) in [5, 5.41) is 22.8. The monoisotopic (exact) mass is 444 g/mol. The zero-order valence-corrected chi connectivity index (χ0v) is 17.4. The number of nitrogens with zero attached hydrogens (tertiary/aromatic N) is 5. The number of aromatic hydroxyl groups is 1. The number of phenols is 1. The third-order valence-corrected chi connectivity index (χ3v) is 6.44. The summed E-state index contributed by atoms with van der Waals surface area (Å²) in [5.74, 6) is 0.671. The van der Waals surface area contributed by atoms with E-state index < -0.39 is 11.9 Å². The number of anilines is 1. The molecule has 0 saturated carbocycles. The highest BCUT2D eigenvalue weighted by atomic mass is 19.4. The Morgan fingerprint density at radius 3 is 2.44 bits per heavy atom.